The van der Waals surface area contributed by atoms with E-state index in [4.69, 9.17) is 4.74 Å². The lowest BCUT2D eigenvalue weighted by atomic mass is 10.2. The highest BCUT2D eigenvalue weighted by molar-refractivity contribution is 5.96. The van der Waals surface area contributed by atoms with E-state index in [0.717, 1.165) is 25.9 Å². The second-order valence-corrected chi connectivity index (χ2v) is 5.64. The number of fused-ring (bicyclic) bond motifs is 1. The van der Waals surface area contributed by atoms with E-state index < -0.39 is 4.92 Å². The minimum Gasteiger partial charge on any atom is -0.491 e. The Morgan fingerprint density at radius 3 is 2.73 bits per heavy atom. The summed E-state index contributed by atoms with van der Waals surface area (Å²) >= 11 is 0. The molecular weight excluding hydrogens is 286 g/mol. The van der Waals surface area contributed by atoms with Gasteiger partial charge in [-0.3, -0.25) is 19.8 Å². The second kappa shape index (κ2) is 6.31. The van der Waals surface area contributed by atoms with Gasteiger partial charge in [-0.1, -0.05) is 0 Å². The van der Waals surface area contributed by atoms with E-state index in [1.165, 1.54) is 12.1 Å². The summed E-state index contributed by atoms with van der Waals surface area (Å²) in [5.74, 6) is 0.520. The number of nitro groups is 1. The number of non-ortho nitro benzene ring substituents is 1. The highest BCUT2D eigenvalue weighted by Crippen LogP contribution is 2.34. The maximum Gasteiger partial charge on any atom is 0.271 e. The third kappa shape index (κ3) is 3.04. The van der Waals surface area contributed by atoms with Crippen molar-refractivity contribution in [2.75, 3.05) is 37.7 Å². The van der Waals surface area contributed by atoms with Crippen molar-refractivity contribution in [3.63, 3.8) is 0 Å². The zero-order valence-electron chi connectivity index (χ0n) is 12.4. The SMILES string of the molecule is O=C(CN1CCCC1)N1CCCOc2ccc([N+](=O)[O-])cc21. The number of rotatable bonds is 3. The summed E-state index contributed by atoms with van der Waals surface area (Å²) in [5, 5.41) is 11.0. The molecule has 0 aliphatic carbocycles. The van der Waals surface area contributed by atoms with Crippen LogP contribution in [0.3, 0.4) is 0 Å². The van der Waals surface area contributed by atoms with Gasteiger partial charge in [0.15, 0.2) is 0 Å². The highest BCUT2D eigenvalue weighted by Gasteiger charge is 2.26. The number of anilines is 1. The number of carbonyl (C=O) groups is 1. The van der Waals surface area contributed by atoms with Gasteiger partial charge in [0.05, 0.1) is 23.8 Å². The molecule has 1 amide bonds. The summed E-state index contributed by atoms with van der Waals surface area (Å²) in [4.78, 5) is 26.9. The van der Waals surface area contributed by atoms with Crippen LogP contribution >= 0.6 is 0 Å². The van der Waals surface area contributed by atoms with Crippen LogP contribution in [-0.4, -0.2) is 48.5 Å². The van der Waals surface area contributed by atoms with Crippen LogP contribution in [0.5, 0.6) is 5.75 Å². The molecule has 0 saturated carbocycles. The molecule has 2 aliphatic rings. The molecule has 1 fully saturated rings. The van der Waals surface area contributed by atoms with Gasteiger partial charge in [-0.25, -0.2) is 0 Å². The monoisotopic (exact) mass is 305 g/mol. The lowest BCUT2D eigenvalue weighted by molar-refractivity contribution is -0.384. The van der Waals surface area contributed by atoms with Gasteiger partial charge < -0.3 is 9.64 Å². The average Bonchev–Trinajstić information content (AvgIpc) is 2.91. The van der Waals surface area contributed by atoms with Crippen molar-refractivity contribution in [2.45, 2.75) is 19.3 Å². The summed E-state index contributed by atoms with van der Waals surface area (Å²) < 4.78 is 5.60. The molecule has 0 bridgehead atoms. The third-order valence-corrected chi connectivity index (χ3v) is 4.09. The molecule has 0 aromatic heterocycles. The Kier molecular flexibility index (Phi) is 4.24. The summed E-state index contributed by atoms with van der Waals surface area (Å²) in [5.41, 5.74) is 0.485. The summed E-state index contributed by atoms with van der Waals surface area (Å²) in [6, 6.07) is 4.42. The Morgan fingerprint density at radius 2 is 2.00 bits per heavy atom. The molecule has 1 aromatic rings. The molecule has 22 heavy (non-hydrogen) atoms. The van der Waals surface area contributed by atoms with Gasteiger partial charge >= 0.3 is 0 Å². The van der Waals surface area contributed by atoms with Crippen LogP contribution in [0.1, 0.15) is 19.3 Å². The third-order valence-electron chi connectivity index (χ3n) is 4.09. The largest absolute Gasteiger partial charge is 0.491 e. The van der Waals surface area contributed by atoms with E-state index >= 15 is 0 Å². The molecule has 0 radical (unpaired) electrons. The number of ether oxygens (including phenoxy) is 1. The number of nitrogens with zero attached hydrogens (tertiary/aromatic N) is 3. The summed E-state index contributed by atoms with van der Waals surface area (Å²) in [6.07, 6.45) is 2.96. The molecule has 0 atom stereocenters. The van der Waals surface area contributed by atoms with Crippen LogP contribution in [0, 0.1) is 10.1 Å². The van der Waals surface area contributed by atoms with Gasteiger partial charge in [-0.05, 0) is 38.4 Å². The van der Waals surface area contributed by atoms with Crippen LogP contribution in [0.25, 0.3) is 0 Å². The number of likely N-dealkylation sites (tertiary alicyclic amines) is 1. The molecular formula is C15H19N3O4. The molecule has 7 heteroatoms. The van der Waals surface area contributed by atoms with Crippen molar-refractivity contribution >= 4 is 17.3 Å². The fourth-order valence-electron chi connectivity index (χ4n) is 2.95. The van der Waals surface area contributed by atoms with E-state index in [1.807, 2.05) is 0 Å². The molecule has 7 nitrogen and oxygen atoms in total. The predicted octanol–water partition coefficient (Wildman–Crippen LogP) is 1.81. The van der Waals surface area contributed by atoms with E-state index in [2.05, 4.69) is 4.90 Å². The average molecular weight is 305 g/mol. The number of benzene rings is 1. The van der Waals surface area contributed by atoms with Crippen molar-refractivity contribution in [3.05, 3.63) is 28.3 Å². The molecule has 0 unspecified atom stereocenters. The number of carbonyl (C=O) groups excluding carboxylic acids is 1. The molecule has 0 spiro atoms. The van der Waals surface area contributed by atoms with Crippen molar-refractivity contribution in [1.82, 2.24) is 4.90 Å². The fourth-order valence-corrected chi connectivity index (χ4v) is 2.95. The maximum atomic E-state index is 12.6. The fraction of sp³-hybridized carbons (Fsp3) is 0.533. The summed E-state index contributed by atoms with van der Waals surface area (Å²) in [7, 11) is 0. The zero-order chi connectivity index (χ0) is 15.5. The first-order valence-electron chi connectivity index (χ1n) is 7.59. The minimum absolute atomic E-state index is 0.0193. The second-order valence-electron chi connectivity index (χ2n) is 5.64. The Balaban J connectivity index is 1.86. The first kappa shape index (κ1) is 14.8. The van der Waals surface area contributed by atoms with Gasteiger partial charge in [0.25, 0.3) is 5.69 Å². The zero-order valence-corrected chi connectivity index (χ0v) is 12.4. The Morgan fingerprint density at radius 1 is 1.23 bits per heavy atom. The molecule has 0 N–H and O–H groups in total. The van der Waals surface area contributed by atoms with Crippen molar-refractivity contribution < 1.29 is 14.5 Å². The lowest BCUT2D eigenvalue weighted by Gasteiger charge is -2.24. The van der Waals surface area contributed by atoms with Crippen LogP contribution in [0.4, 0.5) is 11.4 Å². The van der Waals surface area contributed by atoms with Gasteiger partial charge in [-0.2, -0.15) is 0 Å². The van der Waals surface area contributed by atoms with E-state index in [1.54, 1.807) is 11.0 Å². The van der Waals surface area contributed by atoms with Gasteiger partial charge in [-0.15, -0.1) is 0 Å². The standard InChI is InChI=1S/C15H19N3O4/c19-15(11-16-6-1-2-7-16)17-8-3-9-22-14-5-4-12(18(20)21)10-13(14)17/h4-5,10H,1-3,6-9,11H2. The number of hydrogen-bond acceptors (Lipinski definition) is 5. The summed E-state index contributed by atoms with van der Waals surface area (Å²) in [6.45, 7) is 3.29. The molecule has 2 heterocycles. The Labute approximate surface area is 128 Å². The Hall–Kier alpha value is -2.15. The quantitative estimate of drug-likeness (QED) is 0.629. The predicted molar refractivity (Wildman–Crippen MR) is 81.2 cm³/mol. The minimum atomic E-state index is -0.450. The lowest BCUT2D eigenvalue weighted by Crippen LogP contribution is -2.39. The van der Waals surface area contributed by atoms with Gasteiger partial charge in [0.1, 0.15) is 5.75 Å². The Bertz CT molecular complexity index is 584. The number of amides is 1. The number of nitro benzene ring substituents is 1. The van der Waals surface area contributed by atoms with Crippen molar-refractivity contribution in [2.24, 2.45) is 0 Å². The van der Waals surface area contributed by atoms with Gasteiger partial charge in [0, 0.05) is 18.7 Å². The van der Waals surface area contributed by atoms with Crippen LogP contribution in [-0.2, 0) is 4.79 Å². The van der Waals surface area contributed by atoms with Gasteiger partial charge in [0.2, 0.25) is 5.91 Å². The van der Waals surface area contributed by atoms with E-state index in [9.17, 15) is 14.9 Å². The first-order chi connectivity index (χ1) is 10.6. The molecule has 3 rings (SSSR count). The molecule has 1 aromatic carbocycles. The van der Waals surface area contributed by atoms with Crippen LogP contribution in [0.15, 0.2) is 18.2 Å². The van der Waals surface area contributed by atoms with E-state index in [0.29, 0.717) is 37.6 Å². The van der Waals surface area contributed by atoms with E-state index in [-0.39, 0.29) is 11.6 Å². The molecule has 1 saturated heterocycles. The smallest absolute Gasteiger partial charge is 0.271 e. The topological polar surface area (TPSA) is 75.9 Å². The maximum absolute atomic E-state index is 12.6. The van der Waals surface area contributed by atoms with Crippen molar-refractivity contribution in [3.8, 4) is 5.75 Å². The van der Waals surface area contributed by atoms with Crippen LogP contribution in [0.2, 0.25) is 0 Å². The molecule has 2 aliphatic heterocycles. The number of hydrogen-bond donors (Lipinski definition) is 0. The highest BCUT2D eigenvalue weighted by atomic mass is 16.6. The van der Waals surface area contributed by atoms with Crippen LogP contribution < -0.4 is 9.64 Å². The van der Waals surface area contributed by atoms with Crippen molar-refractivity contribution in [1.29, 1.82) is 0 Å². The molecule has 118 valence electrons. The normalized spacial score (nSPS) is 18.5. The first-order valence-corrected chi connectivity index (χ1v) is 7.59.